The summed E-state index contributed by atoms with van der Waals surface area (Å²) in [6.45, 7) is 9.49. The third-order valence-corrected chi connectivity index (χ3v) is 7.35. The number of halogens is 1. The normalized spacial score (nSPS) is 13.3. The van der Waals surface area contributed by atoms with Crippen LogP contribution in [0.4, 0.5) is 4.79 Å². The summed E-state index contributed by atoms with van der Waals surface area (Å²) in [5.74, 6) is -0.685. The maximum Gasteiger partial charge on any atom is 0.408 e. The van der Waals surface area contributed by atoms with Gasteiger partial charge in [0, 0.05) is 9.99 Å². The summed E-state index contributed by atoms with van der Waals surface area (Å²) in [6.07, 6.45) is -0.000774. The Hall–Kier alpha value is -3.60. The average molecular weight is 701 g/mol. The van der Waals surface area contributed by atoms with E-state index >= 15 is 0 Å². The Balaban J connectivity index is 1.83. The van der Waals surface area contributed by atoms with E-state index in [9.17, 15) is 14.4 Å². The Morgan fingerprint density at radius 3 is 2.05 bits per heavy atom. The minimum atomic E-state index is -1.05. The number of ether oxygens (including phenoxy) is 3. The maximum atomic E-state index is 13.8. The Morgan fingerprint density at radius 1 is 0.860 bits per heavy atom. The largest absolute Gasteiger partial charge is 0.489 e. The molecule has 0 aliphatic rings. The van der Waals surface area contributed by atoms with Gasteiger partial charge in [0.05, 0.1) is 0 Å². The molecule has 230 valence electrons. The molecular formula is C34H41IN2O6. The van der Waals surface area contributed by atoms with Crippen LogP contribution in [0.25, 0.3) is 0 Å². The van der Waals surface area contributed by atoms with E-state index in [2.05, 4.69) is 33.2 Å². The molecule has 3 rings (SSSR count). The van der Waals surface area contributed by atoms with E-state index in [0.717, 1.165) is 20.3 Å². The molecule has 0 radical (unpaired) electrons. The summed E-state index contributed by atoms with van der Waals surface area (Å²) in [7, 11) is 0. The van der Waals surface area contributed by atoms with E-state index in [-0.39, 0.29) is 18.9 Å². The molecule has 8 nitrogen and oxygen atoms in total. The van der Waals surface area contributed by atoms with Gasteiger partial charge in [-0.05, 0) is 84.2 Å². The first-order chi connectivity index (χ1) is 20.4. The van der Waals surface area contributed by atoms with Gasteiger partial charge in [-0.15, -0.1) is 0 Å². The van der Waals surface area contributed by atoms with Gasteiger partial charge >= 0.3 is 12.1 Å². The summed E-state index contributed by atoms with van der Waals surface area (Å²) in [6, 6.07) is 22.8. The van der Waals surface area contributed by atoms with Crippen LogP contribution in [0, 0.1) is 9.49 Å². The molecule has 0 heterocycles. The first-order valence-electron chi connectivity index (χ1n) is 14.4. The maximum absolute atomic E-state index is 13.8. The topological polar surface area (TPSA) is 103 Å². The molecular weight excluding hydrogens is 659 g/mol. The van der Waals surface area contributed by atoms with E-state index in [1.54, 1.807) is 20.8 Å². The Bertz CT molecular complexity index is 1340. The predicted molar refractivity (Wildman–Crippen MR) is 174 cm³/mol. The number of rotatable bonds is 13. The van der Waals surface area contributed by atoms with Crippen LogP contribution in [0.1, 0.15) is 57.7 Å². The molecule has 3 aromatic carbocycles. The summed E-state index contributed by atoms with van der Waals surface area (Å²) in [5, 5.41) is 5.58. The summed E-state index contributed by atoms with van der Waals surface area (Å²) < 4.78 is 18.1. The van der Waals surface area contributed by atoms with E-state index in [4.69, 9.17) is 14.2 Å². The molecule has 3 atom stereocenters. The van der Waals surface area contributed by atoms with Gasteiger partial charge < -0.3 is 24.8 Å². The van der Waals surface area contributed by atoms with Gasteiger partial charge in [0.25, 0.3) is 0 Å². The lowest BCUT2D eigenvalue weighted by molar-refractivity contribution is -0.150. The molecule has 0 spiro atoms. The van der Waals surface area contributed by atoms with Gasteiger partial charge in [0.2, 0.25) is 5.91 Å². The second-order valence-corrected chi connectivity index (χ2v) is 12.6. The zero-order valence-corrected chi connectivity index (χ0v) is 27.6. The lowest BCUT2D eigenvalue weighted by Gasteiger charge is -2.27. The van der Waals surface area contributed by atoms with E-state index in [0.29, 0.717) is 18.8 Å². The predicted octanol–water partition coefficient (Wildman–Crippen LogP) is 6.58. The van der Waals surface area contributed by atoms with Crippen LogP contribution >= 0.6 is 22.6 Å². The van der Waals surface area contributed by atoms with Crippen molar-refractivity contribution in [2.75, 3.05) is 0 Å². The molecule has 1 unspecified atom stereocenters. The summed E-state index contributed by atoms with van der Waals surface area (Å²) in [4.78, 5) is 39.9. The van der Waals surface area contributed by atoms with Crippen molar-refractivity contribution in [1.82, 2.24) is 10.6 Å². The second-order valence-electron chi connectivity index (χ2n) is 11.4. The smallest absolute Gasteiger partial charge is 0.408 e. The number of hydrogen-bond acceptors (Lipinski definition) is 6. The first kappa shape index (κ1) is 33.9. The van der Waals surface area contributed by atoms with Crippen LogP contribution in [0.3, 0.4) is 0 Å². The van der Waals surface area contributed by atoms with Crippen molar-refractivity contribution >= 4 is 40.6 Å². The first-order valence-corrected chi connectivity index (χ1v) is 15.5. The molecule has 0 aromatic heterocycles. The van der Waals surface area contributed by atoms with Crippen LogP contribution in [-0.4, -0.2) is 35.7 Å². The van der Waals surface area contributed by atoms with E-state index < -0.39 is 35.7 Å². The molecule has 2 amide bonds. The van der Waals surface area contributed by atoms with Gasteiger partial charge in [0.1, 0.15) is 36.6 Å². The zero-order chi connectivity index (χ0) is 31.4. The standard InChI is InChI=1S/C34H41IN2O6/c1-6-23(2)30(32(39)42-22-25-15-11-8-12-16-25)37-31(38)28(36-33(40)43-34(3,4)5)20-26-19-27(35)17-18-29(26)41-21-24-13-9-7-10-14-24/h7-19,23,28,30H,6,20-22H2,1-5H3,(H,36,40)(H,37,38)/t23-,28+,30?/m1/s1. The zero-order valence-electron chi connectivity index (χ0n) is 25.4. The number of benzene rings is 3. The third kappa shape index (κ3) is 11.5. The number of carbonyl (C=O) groups is 3. The molecule has 0 aliphatic carbocycles. The van der Waals surface area contributed by atoms with Crippen LogP contribution in [0.5, 0.6) is 5.75 Å². The molecule has 9 heteroatoms. The fraction of sp³-hybridized carbons (Fsp3) is 0.382. The van der Waals surface area contributed by atoms with Crippen molar-refractivity contribution in [3.63, 3.8) is 0 Å². The van der Waals surface area contributed by atoms with E-state index in [1.807, 2.05) is 92.7 Å². The lowest BCUT2D eigenvalue weighted by atomic mass is 9.98. The third-order valence-electron chi connectivity index (χ3n) is 6.68. The molecule has 2 N–H and O–H groups in total. The molecule has 0 bridgehead atoms. The second kappa shape index (κ2) is 16.3. The van der Waals surface area contributed by atoms with Crippen molar-refractivity contribution in [3.05, 3.63) is 99.1 Å². The van der Waals surface area contributed by atoms with Crippen molar-refractivity contribution < 1.29 is 28.6 Å². The number of amides is 2. The summed E-state index contributed by atoms with van der Waals surface area (Å²) in [5.41, 5.74) is 1.80. The Kier molecular flexibility index (Phi) is 12.9. The summed E-state index contributed by atoms with van der Waals surface area (Å²) >= 11 is 2.20. The highest BCUT2D eigenvalue weighted by molar-refractivity contribution is 14.1. The van der Waals surface area contributed by atoms with Gasteiger partial charge in [-0.25, -0.2) is 9.59 Å². The van der Waals surface area contributed by atoms with Crippen molar-refractivity contribution in [2.45, 2.75) is 78.4 Å². The Labute approximate surface area is 268 Å². The van der Waals surface area contributed by atoms with Gasteiger partial charge in [-0.1, -0.05) is 80.9 Å². The number of alkyl carbamates (subject to hydrolysis) is 1. The quantitative estimate of drug-likeness (QED) is 0.154. The van der Waals surface area contributed by atoms with E-state index in [1.165, 1.54) is 0 Å². The fourth-order valence-corrected chi connectivity index (χ4v) is 4.76. The van der Waals surface area contributed by atoms with Crippen LogP contribution in [-0.2, 0) is 38.7 Å². The Morgan fingerprint density at radius 2 is 1.47 bits per heavy atom. The fourth-order valence-electron chi connectivity index (χ4n) is 4.20. The van der Waals surface area contributed by atoms with Crippen LogP contribution < -0.4 is 15.4 Å². The minimum Gasteiger partial charge on any atom is -0.489 e. The highest BCUT2D eigenvalue weighted by atomic mass is 127. The molecule has 0 aliphatic heterocycles. The minimum absolute atomic E-state index is 0.0899. The number of nitrogens with one attached hydrogen (secondary N) is 2. The van der Waals surface area contributed by atoms with Crippen LogP contribution in [0.2, 0.25) is 0 Å². The molecule has 0 saturated carbocycles. The monoisotopic (exact) mass is 700 g/mol. The van der Waals surface area contributed by atoms with Crippen molar-refractivity contribution in [1.29, 1.82) is 0 Å². The number of hydrogen-bond donors (Lipinski definition) is 2. The van der Waals surface area contributed by atoms with Crippen molar-refractivity contribution in [2.24, 2.45) is 5.92 Å². The highest BCUT2D eigenvalue weighted by Crippen LogP contribution is 2.25. The molecule has 0 saturated heterocycles. The number of carbonyl (C=O) groups excluding carboxylic acids is 3. The average Bonchev–Trinajstić information content (AvgIpc) is 2.97. The molecule has 3 aromatic rings. The van der Waals surface area contributed by atoms with Crippen LogP contribution in [0.15, 0.2) is 78.9 Å². The number of esters is 1. The van der Waals surface area contributed by atoms with Gasteiger partial charge in [0.15, 0.2) is 0 Å². The molecule has 0 fully saturated rings. The lowest BCUT2D eigenvalue weighted by Crippen LogP contribution is -2.55. The SMILES string of the molecule is CC[C@@H](C)C(NC(=O)[C@H](Cc1cc(I)ccc1OCc1ccccc1)NC(=O)OC(C)(C)C)C(=O)OCc1ccccc1. The highest BCUT2D eigenvalue weighted by Gasteiger charge is 2.32. The molecule has 43 heavy (non-hydrogen) atoms. The van der Waals surface area contributed by atoms with Gasteiger partial charge in [-0.2, -0.15) is 0 Å². The van der Waals surface area contributed by atoms with Crippen molar-refractivity contribution in [3.8, 4) is 5.75 Å². The van der Waals surface area contributed by atoms with Gasteiger partial charge in [-0.3, -0.25) is 4.79 Å².